The SMILES string of the molecule is Cc1ccc(CN=C(N)N2CCSCC2)c(OCC2CCOC2)c1. The molecule has 2 saturated heterocycles. The van der Waals surface area contributed by atoms with Crippen LogP contribution >= 0.6 is 11.8 Å². The summed E-state index contributed by atoms with van der Waals surface area (Å²) >= 11 is 1.97. The number of hydrogen-bond acceptors (Lipinski definition) is 4. The fraction of sp³-hybridized carbons (Fsp3) is 0.611. The summed E-state index contributed by atoms with van der Waals surface area (Å²) in [4.78, 5) is 6.76. The van der Waals surface area contributed by atoms with Gasteiger partial charge in [0.1, 0.15) is 5.75 Å². The van der Waals surface area contributed by atoms with Gasteiger partial charge in [-0.15, -0.1) is 0 Å². The van der Waals surface area contributed by atoms with Gasteiger partial charge in [-0.2, -0.15) is 11.8 Å². The molecule has 0 aromatic heterocycles. The number of nitrogens with zero attached hydrogens (tertiary/aromatic N) is 2. The van der Waals surface area contributed by atoms with E-state index in [1.807, 2.05) is 11.8 Å². The Labute approximate surface area is 148 Å². The van der Waals surface area contributed by atoms with E-state index in [4.69, 9.17) is 15.2 Å². The summed E-state index contributed by atoms with van der Waals surface area (Å²) in [6.07, 6.45) is 1.08. The van der Waals surface area contributed by atoms with Crippen LogP contribution in [0.5, 0.6) is 5.75 Å². The first-order chi connectivity index (χ1) is 11.7. The van der Waals surface area contributed by atoms with E-state index in [0.29, 0.717) is 25.0 Å². The summed E-state index contributed by atoms with van der Waals surface area (Å²) in [6, 6.07) is 6.29. The van der Waals surface area contributed by atoms with Crippen LogP contribution in [0.3, 0.4) is 0 Å². The second-order valence-corrected chi connectivity index (χ2v) is 7.65. The van der Waals surface area contributed by atoms with Crippen LogP contribution in [0.4, 0.5) is 0 Å². The smallest absolute Gasteiger partial charge is 0.191 e. The third-order valence-electron chi connectivity index (χ3n) is 4.47. The highest BCUT2D eigenvalue weighted by atomic mass is 32.2. The number of rotatable bonds is 5. The molecule has 2 heterocycles. The molecule has 3 rings (SSSR count). The van der Waals surface area contributed by atoms with Gasteiger partial charge < -0.3 is 20.1 Å². The minimum absolute atomic E-state index is 0.498. The molecule has 0 saturated carbocycles. The van der Waals surface area contributed by atoms with E-state index in [0.717, 1.165) is 55.5 Å². The molecule has 1 aromatic carbocycles. The lowest BCUT2D eigenvalue weighted by Crippen LogP contribution is -2.42. The summed E-state index contributed by atoms with van der Waals surface area (Å²) in [5.74, 6) is 4.31. The van der Waals surface area contributed by atoms with Gasteiger partial charge in [-0.3, -0.25) is 0 Å². The van der Waals surface area contributed by atoms with Gasteiger partial charge in [0.05, 0.1) is 19.8 Å². The Balaban J connectivity index is 1.63. The number of benzene rings is 1. The van der Waals surface area contributed by atoms with E-state index in [1.54, 1.807) is 0 Å². The first-order valence-corrected chi connectivity index (χ1v) is 9.80. The number of aliphatic imine (C=N–C) groups is 1. The van der Waals surface area contributed by atoms with Crippen molar-refractivity contribution < 1.29 is 9.47 Å². The van der Waals surface area contributed by atoms with Crippen LogP contribution in [0.25, 0.3) is 0 Å². The normalized spacial score (nSPS) is 22.0. The van der Waals surface area contributed by atoms with Crippen LogP contribution in [0.1, 0.15) is 17.5 Å². The molecule has 0 bridgehead atoms. The second kappa shape index (κ2) is 8.62. The number of aryl methyl sites for hydroxylation is 1. The van der Waals surface area contributed by atoms with E-state index in [9.17, 15) is 0 Å². The second-order valence-electron chi connectivity index (χ2n) is 6.43. The molecule has 2 aliphatic rings. The fourth-order valence-electron chi connectivity index (χ4n) is 2.91. The van der Waals surface area contributed by atoms with E-state index in [-0.39, 0.29) is 0 Å². The van der Waals surface area contributed by atoms with Crippen molar-refractivity contribution in [3.8, 4) is 5.75 Å². The summed E-state index contributed by atoms with van der Waals surface area (Å²) in [5, 5.41) is 0. The molecule has 2 aliphatic heterocycles. The van der Waals surface area contributed by atoms with Gasteiger partial charge in [-0.25, -0.2) is 4.99 Å². The van der Waals surface area contributed by atoms with E-state index >= 15 is 0 Å². The number of hydrogen-bond donors (Lipinski definition) is 1. The summed E-state index contributed by atoms with van der Waals surface area (Å²) in [7, 11) is 0. The average Bonchev–Trinajstić information content (AvgIpc) is 3.13. The molecule has 6 heteroatoms. The quantitative estimate of drug-likeness (QED) is 0.653. The van der Waals surface area contributed by atoms with Crippen LogP contribution in [-0.4, -0.2) is 55.3 Å². The predicted molar refractivity (Wildman–Crippen MR) is 99.8 cm³/mol. The van der Waals surface area contributed by atoms with Gasteiger partial charge in [0.15, 0.2) is 5.96 Å². The highest BCUT2D eigenvalue weighted by Gasteiger charge is 2.17. The average molecular weight is 350 g/mol. The molecule has 132 valence electrons. The molecule has 0 spiro atoms. The van der Waals surface area contributed by atoms with E-state index < -0.39 is 0 Å². The monoisotopic (exact) mass is 349 g/mol. The molecular weight excluding hydrogens is 322 g/mol. The van der Waals surface area contributed by atoms with Crippen LogP contribution in [-0.2, 0) is 11.3 Å². The van der Waals surface area contributed by atoms with Gasteiger partial charge in [-0.1, -0.05) is 12.1 Å². The Hall–Kier alpha value is -1.40. The van der Waals surface area contributed by atoms with Crippen LogP contribution in [0, 0.1) is 12.8 Å². The topological polar surface area (TPSA) is 60.1 Å². The predicted octanol–water partition coefficient (Wildman–Crippen LogP) is 2.27. The Morgan fingerprint density at radius 1 is 1.42 bits per heavy atom. The molecule has 1 unspecified atom stereocenters. The lowest BCUT2D eigenvalue weighted by molar-refractivity contribution is 0.166. The third-order valence-corrected chi connectivity index (χ3v) is 5.41. The lowest BCUT2D eigenvalue weighted by Gasteiger charge is -2.27. The molecule has 5 nitrogen and oxygen atoms in total. The third kappa shape index (κ3) is 4.80. The molecule has 0 radical (unpaired) electrons. The van der Waals surface area contributed by atoms with Crippen molar-refractivity contribution in [3.05, 3.63) is 29.3 Å². The maximum atomic E-state index is 6.16. The molecule has 1 atom stereocenters. The largest absolute Gasteiger partial charge is 0.493 e. The fourth-order valence-corrected chi connectivity index (χ4v) is 3.81. The van der Waals surface area contributed by atoms with Crippen molar-refractivity contribution in [1.82, 2.24) is 4.90 Å². The minimum atomic E-state index is 0.498. The highest BCUT2D eigenvalue weighted by molar-refractivity contribution is 7.99. The van der Waals surface area contributed by atoms with E-state index in [2.05, 4.69) is 35.0 Å². The molecule has 1 aromatic rings. The maximum Gasteiger partial charge on any atom is 0.191 e. The van der Waals surface area contributed by atoms with Gasteiger partial charge in [0.25, 0.3) is 0 Å². The molecule has 24 heavy (non-hydrogen) atoms. The van der Waals surface area contributed by atoms with Crippen LogP contribution in [0.2, 0.25) is 0 Å². The zero-order valence-electron chi connectivity index (χ0n) is 14.4. The zero-order valence-corrected chi connectivity index (χ0v) is 15.2. The molecular formula is C18H27N3O2S. The summed E-state index contributed by atoms with van der Waals surface area (Å²) in [6.45, 7) is 6.98. The Morgan fingerprint density at radius 2 is 2.25 bits per heavy atom. The van der Waals surface area contributed by atoms with Gasteiger partial charge >= 0.3 is 0 Å². The lowest BCUT2D eigenvalue weighted by atomic mass is 10.1. The molecule has 0 aliphatic carbocycles. The molecule has 2 N–H and O–H groups in total. The summed E-state index contributed by atoms with van der Waals surface area (Å²) in [5.41, 5.74) is 8.45. The summed E-state index contributed by atoms with van der Waals surface area (Å²) < 4.78 is 11.5. The van der Waals surface area contributed by atoms with E-state index in [1.165, 1.54) is 5.56 Å². The highest BCUT2D eigenvalue weighted by Crippen LogP contribution is 2.23. The van der Waals surface area contributed by atoms with Gasteiger partial charge in [-0.05, 0) is 25.0 Å². The van der Waals surface area contributed by atoms with Crippen molar-refractivity contribution in [2.45, 2.75) is 19.9 Å². The standard InChI is InChI=1S/C18H27N3O2S/c1-14-2-3-16(11-20-18(19)21-5-8-24-9-6-21)17(10-14)23-13-15-4-7-22-12-15/h2-3,10,15H,4-9,11-13H2,1H3,(H2,19,20). The van der Waals surface area contributed by atoms with Crippen LogP contribution in [0.15, 0.2) is 23.2 Å². The van der Waals surface area contributed by atoms with Crippen molar-refractivity contribution in [2.75, 3.05) is 44.4 Å². The maximum absolute atomic E-state index is 6.16. The Kier molecular flexibility index (Phi) is 6.26. The number of nitrogens with two attached hydrogens (primary N) is 1. The van der Waals surface area contributed by atoms with Crippen LogP contribution < -0.4 is 10.5 Å². The Bertz CT molecular complexity index is 567. The molecule has 0 amide bonds. The minimum Gasteiger partial charge on any atom is -0.493 e. The van der Waals surface area contributed by atoms with Crippen molar-refractivity contribution in [2.24, 2.45) is 16.6 Å². The van der Waals surface area contributed by atoms with Gasteiger partial charge in [0, 0.05) is 42.7 Å². The van der Waals surface area contributed by atoms with Crippen molar-refractivity contribution >= 4 is 17.7 Å². The van der Waals surface area contributed by atoms with Gasteiger partial charge in [0.2, 0.25) is 0 Å². The van der Waals surface area contributed by atoms with Crippen molar-refractivity contribution in [1.29, 1.82) is 0 Å². The first-order valence-electron chi connectivity index (χ1n) is 8.65. The number of ether oxygens (including phenoxy) is 2. The number of thioether (sulfide) groups is 1. The zero-order chi connectivity index (χ0) is 16.8. The molecule has 2 fully saturated rings. The number of guanidine groups is 1. The first kappa shape index (κ1) is 17.4. The van der Waals surface area contributed by atoms with Crippen molar-refractivity contribution in [3.63, 3.8) is 0 Å². The Morgan fingerprint density at radius 3 is 3.00 bits per heavy atom.